The molecule has 8 aliphatic heterocycles. The number of carbonyl (C=O) groups excluding carboxylic acids is 4. The molecule has 9 heterocycles. The lowest BCUT2D eigenvalue weighted by Crippen LogP contribution is -2.40. The molecule has 0 amide bonds. The van der Waals surface area contributed by atoms with Gasteiger partial charge < -0.3 is 61.4 Å². The summed E-state index contributed by atoms with van der Waals surface area (Å²) in [5.41, 5.74) is 9.66. The fourth-order valence-electron chi connectivity index (χ4n) is 13.2. The number of hydrogen-bond donors (Lipinski definition) is 0. The Morgan fingerprint density at radius 1 is 0.530 bits per heavy atom. The van der Waals surface area contributed by atoms with Gasteiger partial charge in [0.1, 0.15) is 51.4 Å². The molecule has 0 aliphatic carbocycles. The van der Waals surface area contributed by atoms with E-state index in [0.717, 1.165) is 6.42 Å². The van der Waals surface area contributed by atoms with Crippen molar-refractivity contribution < 1.29 is 111 Å². The van der Waals surface area contributed by atoms with Gasteiger partial charge in [0.15, 0.2) is 49.2 Å². The Morgan fingerprint density at radius 2 is 0.930 bits per heavy atom. The second-order valence-corrected chi connectivity index (χ2v) is 29.1. The third-order valence-electron chi connectivity index (χ3n) is 19.9. The molecule has 7 saturated heterocycles. The standard InChI is InChI=1S/C20H19FO5.C13H14BFO3.C13H14BrFO3.C11H13FN2O3.C7H13B2FO2P.C7H12B2FO.C6H9BFN3O/c1-2-15-17(25-18(22)13-9-5-3-6-10-13)16(21)20(24-15)26-19(23)14-11-7-4-8-12-14;2*1-2-9-11(10(15)12(14)17-9)18-13(16)8-6-4-3-5-7-8;1-3-6-8-7(12)10(16-6)14-4-5(2)9(15)13-11(14)17-8;1-4-5(3-11-13-2)12-7(9-8)6(4)10;1-3-5-4(2)6(10)7(9-8)11-5;1-2-3-5(10-11-9)4(8)6(7)12-3/h3-12,15-17,20H,2H2,1H3;2*3-7,9-12H,2H2,1H3;4,6-8,10H,3H2,1-2H3;4-7,13H,3H2,1-2H3;4-7H,3H2,1-2H3;3-6H,2H2,1H3/t15-,16+,17-,20-;9-,10+,11-,12-;9-,10+,11-,12+;6-,7+,8+,10-;2*4-,5-,6+,7?;3-,4+,5-,6-/m0000000/s1. The van der Waals surface area contributed by atoms with Crippen molar-refractivity contribution in [3.63, 3.8) is 0 Å². The summed E-state index contributed by atoms with van der Waals surface area (Å²) >= 11 is 3.08. The van der Waals surface area contributed by atoms with Crippen LogP contribution in [0.1, 0.15) is 147 Å². The molecule has 8 aliphatic rings. The van der Waals surface area contributed by atoms with E-state index in [1.54, 1.807) is 135 Å². The van der Waals surface area contributed by atoms with Crippen LogP contribution in [0.3, 0.4) is 0 Å². The van der Waals surface area contributed by atoms with E-state index in [1.165, 1.54) is 25.1 Å². The third-order valence-corrected chi connectivity index (χ3v) is 21.0. The zero-order valence-corrected chi connectivity index (χ0v) is 67.9. The van der Waals surface area contributed by atoms with Gasteiger partial charge in [0.05, 0.1) is 85.8 Å². The summed E-state index contributed by atoms with van der Waals surface area (Å²) in [5, 5.41) is 2.60. The summed E-state index contributed by atoms with van der Waals surface area (Å²) in [7, 11) is 24.2. The molecule has 0 saturated carbocycles. The van der Waals surface area contributed by atoms with Crippen LogP contribution in [-0.4, -0.2) is 244 Å². The van der Waals surface area contributed by atoms with Gasteiger partial charge in [-0.05, 0) is 106 Å². The number of ether oxygens (including phenoxy) is 12. The van der Waals surface area contributed by atoms with Gasteiger partial charge in [-0.3, -0.25) is 9.36 Å². The lowest BCUT2D eigenvalue weighted by Gasteiger charge is -2.26. The summed E-state index contributed by atoms with van der Waals surface area (Å²) in [6, 6.07) is 29.9. The number of hydrogen-bond acceptors (Lipinski definition) is 20. The highest BCUT2D eigenvalue weighted by atomic mass is 79.9. The Balaban J connectivity index is 0.000000189. The predicted molar refractivity (Wildman–Crippen MR) is 423 cm³/mol. The second kappa shape index (κ2) is 47.1. The minimum absolute atomic E-state index is 0.0233. The fraction of sp³-hybridized carbons (Fsp3) is 0.584. The Bertz CT molecular complexity index is 3820. The smallest absolute Gasteiger partial charge is 0.340 e. The second-order valence-electron chi connectivity index (χ2n) is 27.5. The number of fused-ring (bicyclic) bond motifs is 4. The number of aromatic nitrogens is 2. The van der Waals surface area contributed by atoms with Gasteiger partial charge in [0.2, 0.25) is 12.5 Å². The van der Waals surface area contributed by atoms with Crippen LogP contribution in [0.2, 0.25) is 0 Å². The molecule has 614 valence electrons. The minimum atomic E-state index is -1.76. The number of carbonyl (C=O) groups is 4. The van der Waals surface area contributed by atoms with Crippen molar-refractivity contribution in [2.75, 3.05) is 13.3 Å². The Labute approximate surface area is 682 Å². The molecule has 38 heteroatoms. The molecule has 4 aromatic carbocycles. The summed E-state index contributed by atoms with van der Waals surface area (Å²) in [4.78, 5) is 65.8. The Kier molecular flexibility index (Phi) is 39.1. The highest BCUT2D eigenvalue weighted by Crippen LogP contribution is 2.42. The molecule has 115 heavy (non-hydrogen) atoms. The predicted octanol–water partition coefficient (Wildman–Crippen LogP) is 12.3. The van der Waals surface area contributed by atoms with E-state index in [4.69, 9.17) is 98.1 Å². The van der Waals surface area contributed by atoms with Gasteiger partial charge in [-0.2, -0.15) is 4.98 Å². The van der Waals surface area contributed by atoms with Crippen LogP contribution in [-0.2, 0) is 56.6 Å². The van der Waals surface area contributed by atoms with Gasteiger partial charge in [0.25, 0.3) is 5.56 Å². The molecule has 5 aromatic rings. The summed E-state index contributed by atoms with van der Waals surface area (Å²) in [5.74, 6) is -2.57. The van der Waals surface area contributed by atoms with Crippen LogP contribution in [0.5, 0.6) is 6.01 Å². The van der Waals surface area contributed by atoms with Crippen LogP contribution < -0.4 is 10.3 Å². The first-order valence-electron chi connectivity index (χ1n) is 38.0. The summed E-state index contributed by atoms with van der Waals surface area (Å²) < 4.78 is 166. The number of halogens is 8. The zero-order chi connectivity index (χ0) is 84.3. The number of azide groups is 1. The topological polar surface area (TPSA) is 272 Å². The number of alkyl halides is 8. The van der Waals surface area contributed by atoms with Crippen molar-refractivity contribution in [2.45, 2.75) is 259 Å². The van der Waals surface area contributed by atoms with Crippen LogP contribution in [0, 0.1) is 18.8 Å². The third kappa shape index (κ3) is 25.4. The molecule has 2 bridgehead atoms. The van der Waals surface area contributed by atoms with Crippen LogP contribution in [0.4, 0.5) is 30.7 Å². The summed E-state index contributed by atoms with van der Waals surface area (Å²) in [6.45, 7) is 18.9. The lowest BCUT2D eigenvalue weighted by atomic mass is 9.50. The maximum Gasteiger partial charge on any atom is 0.340 e. The number of nitrogens with zero attached hydrogens (tertiary/aromatic N) is 5. The van der Waals surface area contributed by atoms with E-state index in [2.05, 4.69) is 30.9 Å². The van der Waals surface area contributed by atoms with Crippen molar-refractivity contribution in [1.82, 2.24) is 9.55 Å². The number of benzene rings is 4. The molecule has 1 aromatic heterocycles. The number of rotatable bonds is 20. The number of aryl methyl sites for hydroxylation is 1. The van der Waals surface area contributed by atoms with Gasteiger partial charge in [-0.15, -0.1) is 0 Å². The highest BCUT2D eigenvalue weighted by molar-refractivity contribution is 9.09. The van der Waals surface area contributed by atoms with Gasteiger partial charge in [-0.25, -0.2) is 49.9 Å². The fourth-order valence-corrected chi connectivity index (χ4v) is 14.1. The SMILES string of the molecule is CC[C@@H]1O[C@@H](Br)[C@H](F)[C@H]1OC(=O)c1ccccc1.CC[C@@H]1O[C@@H](OC(=O)c2ccccc2)[C@H](F)[C@H]1OC(=O)c1ccccc1.CC[C@@H]1O[C@H]2[C@H](F)[C@@H]1Oc1nc(=O)c(C)cn12.[B][B]C1O[C@@H](CC)[C@H](C)[C@H]1F.[B][B]C1O[C@@H](COPC)[C@H](C)[C@H]1F.[B][C@H]1O[C@@H](CC)[C@H](N=[N+]=[N-])[C@H]1F.[B][C@H]1O[C@@H](CC)[C@H](OC(=O)c2ccccc2)[C@H]1F. The van der Waals surface area contributed by atoms with Gasteiger partial charge in [-0.1, -0.05) is 149 Å². The molecule has 29 atom stereocenters. The molecule has 10 radical (unpaired) electrons. The molecule has 3 unspecified atom stereocenters. The minimum Gasteiger partial charge on any atom is -0.455 e. The van der Waals surface area contributed by atoms with E-state index in [-0.39, 0.29) is 47.8 Å². The van der Waals surface area contributed by atoms with E-state index in [1.807, 2.05) is 55.1 Å². The molecule has 7 fully saturated rings. The molecule has 0 spiro atoms. The van der Waals surface area contributed by atoms with Crippen LogP contribution >= 0.6 is 24.7 Å². The first kappa shape index (κ1) is 95.4. The molecular formula is C77H94B6BrF7N5O18P. The van der Waals surface area contributed by atoms with E-state index >= 15 is 0 Å². The first-order valence-corrected chi connectivity index (χ1v) is 40.4. The van der Waals surface area contributed by atoms with Crippen LogP contribution in [0.15, 0.2) is 137 Å². The highest BCUT2D eigenvalue weighted by Gasteiger charge is 2.53. The zero-order valence-electron chi connectivity index (χ0n) is 65.3. The number of esters is 4. The quantitative estimate of drug-likeness (QED) is 0.00806. The molecular weight excluding hydrogens is 1590 g/mol. The van der Waals surface area contributed by atoms with Gasteiger partial charge in [0, 0.05) is 70.8 Å². The average Bonchev–Trinajstić information content (AvgIpc) is 1.61. The largest absolute Gasteiger partial charge is 0.455 e. The molecule has 0 N–H and O–H groups in total. The van der Waals surface area contributed by atoms with E-state index in [9.17, 15) is 54.7 Å². The normalized spacial score (nSPS) is 33.5. The van der Waals surface area contributed by atoms with Crippen molar-refractivity contribution in [2.24, 2.45) is 17.0 Å². The molecule has 23 nitrogen and oxygen atoms in total. The van der Waals surface area contributed by atoms with Crippen molar-refractivity contribution in [1.29, 1.82) is 0 Å². The monoisotopic (exact) mass is 1690 g/mol. The average molecular weight is 1690 g/mol. The van der Waals surface area contributed by atoms with Gasteiger partial charge >= 0.3 is 29.9 Å². The summed E-state index contributed by atoms with van der Waals surface area (Å²) in [6.07, 6.45) is -12.0. The maximum absolute atomic E-state index is 14.8. The Hall–Kier alpha value is -6.76. The van der Waals surface area contributed by atoms with Crippen molar-refractivity contribution in [3.8, 4) is 6.01 Å². The first-order chi connectivity index (χ1) is 55.1. The Morgan fingerprint density at radius 3 is 1.36 bits per heavy atom. The maximum atomic E-state index is 14.8. The van der Waals surface area contributed by atoms with Crippen molar-refractivity contribution in [3.05, 3.63) is 176 Å². The van der Waals surface area contributed by atoms with E-state index < -0.39 is 157 Å². The van der Waals surface area contributed by atoms with E-state index in [0.29, 0.717) is 75.3 Å². The molecule has 13 rings (SSSR count). The van der Waals surface area contributed by atoms with Crippen molar-refractivity contribution >= 4 is 94.1 Å². The lowest BCUT2D eigenvalue weighted by molar-refractivity contribution is -0.121. The van der Waals surface area contributed by atoms with Crippen LogP contribution in [0.25, 0.3) is 10.4 Å².